The number of carbonyl (C=O) groups excluding carboxylic acids is 2. The number of nitrogens with one attached hydrogen (secondary N) is 2. The second-order valence-corrected chi connectivity index (χ2v) is 6.88. The van der Waals surface area contributed by atoms with E-state index in [-0.39, 0.29) is 11.8 Å². The number of amides is 2. The Morgan fingerprint density at radius 2 is 1.92 bits per heavy atom. The summed E-state index contributed by atoms with van der Waals surface area (Å²) in [7, 11) is 0. The van der Waals surface area contributed by atoms with Crippen LogP contribution in [0.3, 0.4) is 0 Å². The first kappa shape index (κ1) is 16.4. The van der Waals surface area contributed by atoms with E-state index in [0.717, 1.165) is 21.1 Å². The molecule has 0 aliphatic rings. The van der Waals surface area contributed by atoms with Crippen LogP contribution in [0.5, 0.6) is 0 Å². The maximum Gasteiger partial charge on any atom is 0.271 e. The molecule has 0 saturated carbocycles. The smallest absolute Gasteiger partial charge is 0.271 e. The molecule has 3 aromatic rings. The number of hydrogen-bond acceptors (Lipinski definition) is 5. The molecule has 7 heteroatoms. The third-order valence-corrected chi connectivity index (χ3v) is 5.08. The molecule has 0 saturated heterocycles. The van der Waals surface area contributed by atoms with Crippen molar-refractivity contribution < 1.29 is 9.59 Å². The van der Waals surface area contributed by atoms with E-state index in [4.69, 9.17) is 0 Å². The van der Waals surface area contributed by atoms with Gasteiger partial charge < -0.3 is 10.6 Å². The number of anilines is 1. The quantitative estimate of drug-likeness (QED) is 0.730. The maximum absolute atomic E-state index is 12.2. The van der Waals surface area contributed by atoms with Gasteiger partial charge >= 0.3 is 0 Å². The van der Waals surface area contributed by atoms with Crippen molar-refractivity contribution in [2.24, 2.45) is 0 Å². The highest BCUT2D eigenvalue weighted by Gasteiger charge is 2.12. The monoisotopic (exact) mass is 357 g/mol. The Labute approximate surface area is 147 Å². The van der Waals surface area contributed by atoms with Crippen LogP contribution < -0.4 is 10.6 Å². The zero-order valence-electron chi connectivity index (χ0n) is 12.9. The standard InChI is InChI=1S/C17H15N3O2S2/c1-11(21)19-13-6-4-12(5-7-13)9-18-16(22)14-10-24-17(20-14)15-3-2-8-23-15/h2-8,10H,9H2,1H3,(H,18,22)(H,19,21). The van der Waals surface area contributed by atoms with Gasteiger partial charge in [0.15, 0.2) is 0 Å². The molecule has 0 spiro atoms. The number of benzene rings is 1. The lowest BCUT2D eigenvalue weighted by Gasteiger charge is -2.06. The van der Waals surface area contributed by atoms with E-state index >= 15 is 0 Å². The van der Waals surface area contributed by atoms with Crippen LogP contribution in [-0.2, 0) is 11.3 Å². The van der Waals surface area contributed by atoms with Gasteiger partial charge in [-0.2, -0.15) is 0 Å². The lowest BCUT2D eigenvalue weighted by atomic mass is 10.2. The largest absolute Gasteiger partial charge is 0.347 e. The first-order valence-electron chi connectivity index (χ1n) is 7.26. The average Bonchev–Trinajstić information content (AvgIpc) is 3.24. The summed E-state index contributed by atoms with van der Waals surface area (Å²) in [6.45, 7) is 1.87. The zero-order chi connectivity index (χ0) is 16.9. The molecule has 0 atom stereocenters. The van der Waals surface area contributed by atoms with Gasteiger partial charge in [-0.1, -0.05) is 18.2 Å². The predicted octanol–water partition coefficient (Wildman–Crippen LogP) is 3.76. The maximum atomic E-state index is 12.2. The third kappa shape index (κ3) is 4.06. The van der Waals surface area contributed by atoms with Gasteiger partial charge in [0.05, 0.1) is 4.88 Å². The van der Waals surface area contributed by atoms with E-state index in [1.807, 2.05) is 29.6 Å². The van der Waals surface area contributed by atoms with Crippen molar-refractivity contribution in [3.63, 3.8) is 0 Å². The molecule has 2 N–H and O–H groups in total. The fraction of sp³-hybridized carbons (Fsp3) is 0.118. The minimum absolute atomic E-state index is 0.110. The van der Waals surface area contributed by atoms with Crippen LogP contribution in [0.15, 0.2) is 47.2 Å². The number of nitrogens with zero attached hydrogens (tertiary/aromatic N) is 1. The predicted molar refractivity (Wildman–Crippen MR) is 97.3 cm³/mol. The molecule has 5 nitrogen and oxygen atoms in total. The molecule has 122 valence electrons. The second kappa shape index (κ2) is 7.37. The molecule has 0 fully saturated rings. The van der Waals surface area contributed by atoms with E-state index in [0.29, 0.717) is 12.2 Å². The van der Waals surface area contributed by atoms with E-state index in [2.05, 4.69) is 15.6 Å². The highest BCUT2D eigenvalue weighted by atomic mass is 32.1. The number of hydrogen-bond donors (Lipinski definition) is 2. The van der Waals surface area contributed by atoms with Crippen molar-refractivity contribution in [1.82, 2.24) is 10.3 Å². The van der Waals surface area contributed by atoms with Gasteiger partial charge in [-0.3, -0.25) is 9.59 Å². The molecule has 0 aliphatic carbocycles. The fourth-order valence-corrected chi connectivity index (χ4v) is 3.69. The molecule has 1 aromatic carbocycles. The SMILES string of the molecule is CC(=O)Nc1ccc(CNC(=O)c2csc(-c3cccs3)n2)cc1. The Balaban J connectivity index is 1.58. The molecule has 24 heavy (non-hydrogen) atoms. The van der Waals surface area contributed by atoms with Crippen LogP contribution in [0.4, 0.5) is 5.69 Å². The summed E-state index contributed by atoms with van der Waals surface area (Å²) >= 11 is 3.07. The van der Waals surface area contributed by atoms with Gasteiger partial charge in [0.2, 0.25) is 5.91 Å². The Morgan fingerprint density at radius 1 is 1.12 bits per heavy atom. The molecule has 2 aromatic heterocycles. The van der Waals surface area contributed by atoms with Gasteiger partial charge in [-0.05, 0) is 29.1 Å². The number of thiophene rings is 1. The third-order valence-electron chi connectivity index (χ3n) is 3.20. The summed E-state index contributed by atoms with van der Waals surface area (Å²) in [5.74, 6) is -0.305. The zero-order valence-corrected chi connectivity index (χ0v) is 14.5. The highest BCUT2D eigenvalue weighted by Crippen LogP contribution is 2.27. The van der Waals surface area contributed by atoms with Gasteiger partial charge in [0.25, 0.3) is 5.91 Å². The number of aromatic nitrogens is 1. The van der Waals surface area contributed by atoms with Crippen molar-refractivity contribution in [3.05, 3.63) is 58.4 Å². The fourth-order valence-electron chi connectivity index (χ4n) is 2.07. The minimum Gasteiger partial charge on any atom is -0.347 e. The summed E-state index contributed by atoms with van der Waals surface area (Å²) in [4.78, 5) is 28.6. The van der Waals surface area contributed by atoms with Crippen LogP contribution >= 0.6 is 22.7 Å². The molecule has 0 aliphatic heterocycles. The summed E-state index contributed by atoms with van der Waals surface area (Å²) in [5, 5.41) is 10.2. The van der Waals surface area contributed by atoms with Crippen LogP contribution in [0.1, 0.15) is 23.0 Å². The van der Waals surface area contributed by atoms with Crippen molar-refractivity contribution in [2.45, 2.75) is 13.5 Å². The molecule has 0 unspecified atom stereocenters. The number of thiazole rings is 1. The van der Waals surface area contributed by atoms with E-state index in [1.54, 1.807) is 28.8 Å². The van der Waals surface area contributed by atoms with Crippen LogP contribution in [-0.4, -0.2) is 16.8 Å². The number of rotatable bonds is 5. The summed E-state index contributed by atoms with van der Waals surface area (Å²) in [5.41, 5.74) is 2.11. The second-order valence-electron chi connectivity index (χ2n) is 5.08. The Morgan fingerprint density at radius 3 is 2.58 bits per heavy atom. The minimum atomic E-state index is -0.194. The molecule has 2 amide bonds. The van der Waals surface area contributed by atoms with Gasteiger partial charge in [0, 0.05) is 24.5 Å². The molecule has 0 radical (unpaired) electrons. The van der Waals surface area contributed by atoms with E-state index in [1.165, 1.54) is 18.3 Å². The Bertz CT molecular complexity index is 839. The average molecular weight is 357 g/mol. The van der Waals surface area contributed by atoms with Gasteiger partial charge in [0.1, 0.15) is 10.7 Å². The normalized spacial score (nSPS) is 10.4. The number of carbonyl (C=O) groups is 2. The lowest BCUT2D eigenvalue weighted by molar-refractivity contribution is -0.114. The van der Waals surface area contributed by atoms with Crippen molar-refractivity contribution in [1.29, 1.82) is 0 Å². The van der Waals surface area contributed by atoms with Crippen LogP contribution in [0, 0.1) is 0 Å². The molecule has 2 heterocycles. The van der Waals surface area contributed by atoms with Crippen molar-refractivity contribution in [2.75, 3.05) is 5.32 Å². The van der Waals surface area contributed by atoms with Gasteiger partial charge in [-0.15, -0.1) is 22.7 Å². The van der Waals surface area contributed by atoms with E-state index in [9.17, 15) is 9.59 Å². The van der Waals surface area contributed by atoms with E-state index < -0.39 is 0 Å². The molecular weight excluding hydrogens is 342 g/mol. The van der Waals surface area contributed by atoms with Crippen molar-refractivity contribution in [3.8, 4) is 9.88 Å². The topological polar surface area (TPSA) is 71.1 Å². The summed E-state index contributed by atoms with van der Waals surface area (Å²) in [6, 6.07) is 11.3. The first-order valence-corrected chi connectivity index (χ1v) is 9.02. The Hall–Kier alpha value is -2.51. The van der Waals surface area contributed by atoms with Gasteiger partial charge in [-0.25, -0.2) is 4.98 Å². The van der Waals surface area contributed by atoms with Crippen LogP contribution in [0.25, 0.3) is 9.88 Å². The summed E-state index contributed by atoms with van der Waals surface area (Å²) < 4.78 is 0. The summed E-state index contributed by atoms with van der Waals surface area (Å²) in [6.07, 6.45) is 0. The highest BCUT2D eigenvalue weighted by molar-refractivity contribution is 7.20. The van der Waals surface area contributed by atoms with Crippen molar-refractivity contribution >= 4 is 40.2 Å². The molecule has 3 rings (SSSR count). The lowest BCUT2D eigenvalue weighted by Crippen LogP contribution is -2.23. The molecule has 0 bridgehead atoms. The van der Waals surface area contributed by atoms with Crippen LogP contribution in [0.2, 0.25) is 0 Å². The first-order chi connectivity index (χ1) is 11.6. The molecular formula is C17H15N3O2S2. The Kier molecular flexibility index (Phi) is 5.02.